The molecule has 0 amide bonds. The monoisotopic (exact) mass is 322 g/mol. The van der Waals surface area contributed by atoms with Gasteiger partial charge in [0.15, 0.2) is 5.82 Å². The highest BCUT2D eigenvalue weighted by atomic mass is 79.9. The quantitative estimate of drug-likeness (QED) is 0.870. The van der Waals surface area contributed by atoms with E-state index in [0.717, 1.165) is 4.47 Å². The maximum atomic E-state index is 11.6. The molecular formula is C12H11BrN4O2. The maximum Gasteiger partial charge on any atom is 0.343 e. The number of carbonyl (C=O) groups excluding carboxylic acids is 1. The number of hydrogen-bond acceptors (Lipinski definition) is 6. The summed E-state index contributed by atoms with van der Waals surface area (Å²) in [5.41, 5.74) is 6.46. The van der Waals surface area contributed by atoms with Crippen molar-refractivity contribution < 1.29 is 9.53 Å². The second kappa shape index (κ2) is 5.75. The largest absolute Gasteiger partial charge is 0.462 e. The lowest BCUT2D eigenvalue weighted by Crippen LogP contribution is -2.10. The van der Waals surface area contributed by atoms with Crippen LogP contribution in [0.15, 0.2) is 29.0 Å². The molecule has 2 aromatic heterocycles. The van der Waals surface area contributed by atoms with E-state index < -0.39 is 5.97 Å². The third kappa shape index (κ3) is 3.05. The number of anilines is 1. The van der Waals surface area contributed by atoms with E-state index in [1.54, 1.807) is 19.2 Å². The zero-order valence-electron chi connectivity index (χ0n) is 10.1. The Bertz CT molecular complexity index is 601. The molecule has 0 radical (unpaired) electrons. The van der Waals surface area contributed by atoms with Gasteiger partial charge in [0.1, 0.15) is 17.1 Å². The van der Waals surface area contributed by atoms with Crippen molar-refractivity contribution in [1.29, 1.82) is 0 Å². The molecule has 0 unspecified atom stereocenters. The van der Waals surface area contributed by atoms with E-state index in [2.05, 4.69) is 30.9 Å². The molecule has 0 atom stereocenters. The van der Waals surface area contributed by atoms with Gasteiger partial charge >= 0.3 is 5.97 Å². The van der Waals surface area contributed by atoms with Crippen LogP contribution < -0.4 is 5.73 Å². The number of pyridine rings is 1. The van der Waals surface area contributed by atoms with Gasteiger partial charge in [0, 0.05) is 16.9 Å². The molecule has 2 N–H and O–H groups in total. The summed E-state index contributed by atoms with van der Waals surface area (Å²) in [5.74, 6) is -0.0958. The zero-order valence-corrected chi connectivity index (χ0v) is 11.7. The predicted molar refractivity (Wildman–Crippen MR) is 73.3 cm³/mol. The molecule has 7 heteroatoms. The van der Waals surface area contributed by atoms with Crippen molar-refractivity contribution in [3.05, 3.63) is 34.6 Å². The van der Waals surface area contributed by atoms with Crippen LogP contribution in [0.1, 0.15) is 17.3 Å². The van der Waals surface area contributed by atoms with Gasteiger partial charge in [-0.2, -0.15) is 0 Å². The summed E-state index contributed by atoms with van der Waals surface area (Å²) in [7, 11) is 0. The number of carbonyl (C=O) groups is 1. The average molecular weight is 323 g/mol. The molecule has 0 spiro atoms. The smallest absolute Gasteiger partial charge is 0.343 e. The highest BCUT2D eigenvalue weighted by Gasteiger charge is 2.14. The average Bonchev–Trinajstić information content (AvgIpc) is 2.39. The fraction of sp³-hybridized carbons (Fsp3) is 0.167. The van der Waals surface area contributed by atoms with Gasteiger partial charge in [0.05, 0.1) is 6.61 Å². The first kappa shape index (κ1) is 13.4. The van der Waals surface area contributed by atoms with E-state index in [9.17, 15) is 4.79 Å². The fourth-order valence-electron chi connectivity index (χ4n) is 1.39. The zero-order chi connectivity index (χ0) is 13.8. The Morgan fingerprint density at radius 2 is 2.16 bits per heavy atom. The van der Waals surface area contributed by atoms with Crippen molar-refractivity contribution in [3.8, 4) is 11.5 Å². The number of hydrogen-bond donors (Lipinski definition) is 1. The van der Waals surface area contributed by atoms with E-state index in [-0.39, 0.29) is 18.0 Å². The Hall–Kier alpha value is -2.02. The summed E-state index contributed by atoms with van der Waals surface area (Å²) in [6.45, 7) is 1.99. The maximum absolute atomic E-state index is 11.6. The summed E-state index contributed by atoms with van der Waals surface area (Å²) in [4.78, 5) is 23.8. The van der Waals surface area contributed by atoms with Gasteiger partial charge in [-0.1, -0.05) is 0 Å². The standard InChI is InChI=1S/C12H11BrN4O2/c1-2-19-12(18)8-6-16-11(17-10(8)14)9-4-3-7(13)5-15-9/h3-6H,2H2,1H3,(H2,14,16,17). The van der Waals surface area contributed by atoms with E-state index in [1.165, 1.54) is 6.20 Å². The molecule has 2 aromatic rings. The minimum Gasteiger partial charge on any atom is -0.462 e. The van der Waals surface area contributed by atoms with Crippen molar-refractivity contribution in [1.82, 2.24) is 15.0 Å². The molecule has 0 aliphatic heterocycles. The van der Waals surface area contributed by atoms with Gasteiger partial charge in [-0.25, -0.2) is 14.8 Å². The van der Waals surface area contributed by atoms with Crippen LogP contribution in [-0.2, 0) is 4.74 Å². The van der Waals surface area contributed by atoms with Crippen LogP contribution in [-0.4, -0.2) is 27.5 Å². The van der Waals surface area contributed by atoms with E-state index in [0.29, 0.717) is 11.5 Å². The topological polar surface area (TPSA) is 91.0 Å². The molecule has 0 aromatic carbocycles. The van der Waals surface area contributed by atoms with Crippen LogP contribution in [0.4, 0.5) is 5.82 Å². The van der Waals surface area contributed by atoms with Crippen molar-refractivity contribution >= 4 is 27.7 Å². The molecule has 98 valence electrons. The first-order valence-electron chi connectivity index (χ1n) is 5.53. The molecule has 2 rings (SSSR count). The Labute approximate surface area is 118 Å². The number of halogens is 1. The predicted octanol–water partition coefficient (Wildman–Crippen LogP) is 2.06. The summed E-state index contributed by atoms with van der Waals surface area (Å²) in [5, 5.41) is 0. The molecule has 0 aliphatic rings. The molecule has 2 heterocycles. The van der Waals surface area contributed by atoms with E-state index in [1.807, 2.05) is 6.07 Å². The summed E-state index contributed by atoms with van der Waals surface area (Å²) in [6, 6.07) is 3.57. The molecule has 0 bridgehead atoms. The Balaban J connectivity index is 2.33. The molecule has 0 fully saturated rings. The van der Waals surface area contributed by atoms with Gasteiger partial charge in [0.2, 0.25) is 0 Å². The van der Waals surface area contributed by atoms with Gasteiger partial charge in [-0.15, -0.1) is 0 Å². The Morgan fingerprint density at radius 1 is 1.37 bits per heavy atom. The lowest BCUT2D eigenvalue weighted by molar-refractivity contribution is 0.0527. The minimum atomic E-state index is -0.532. The van der Waals surface area contributed by atoms with Gasteiger partial charge in [0.25, 0.3) is 0 Å². The van der Waals surface area contributed by atoms with Crippen molar-refractivity contribution in [2.24, 2.45) is 0 Å². The Kier molecular flexibility index (Phi) is 4.06. The second-order valence-electron chi connectivity index (χ2n) is 3.57. The number of esters is 1. The number of ether oxygens (including phenoxy) is 1. The van der Waals surface area contributed by atoms with Crippen molar-refractivity contribution in [2.75, 3.05) is 12.3 Å². The minimum absolute atomic E-state index is 0.0770. The first-order valence-corrected chi connectivity index (χ1v) is 6.32. The first-order chi connectivity index (χ1) is 9.11. The second-order valence-corrected chi connectivity index (χ2v) is 4.49. The van der Waals surface area contributed by atoms with E-state index >= 15 is 0 Å². The van der Waals surface area contributed by atoms with Gasteiger partial charge in [-0.3, -0.25) is 4.98 Å². The summed E-state index contributed by atoms with van der Waals surface area (Å²) < 4.78 is 5.70. The normalized spacial score (nSPS) is 10.2. The molecule has 0 saturated carbocycles. The number of nitrogen functional groups attached to an aromatic ring is 1. The number of nitrogens with zero attached hydrogens (tertiary/aromatic N) is 3. The lowest BCUT2D eigenvalue weighted by Gasteiger charge is -2.05. The molecular weight excluding hydrogens is 312 g/mol. The van der Waals surface area contributed by atoms with Gasteiger partial charge in [-0.05, 0) is 35.0 Å². The highest BCUT2D eigenvalue weighted by molar-refractivity contribution is 9.10. The highest BCUT2D eigenvalue weighted by Crippen LogP contribution is 2.18. The molecule has 6 nitrogen and oxygen atoms in total. The summed E-state index contributed by atoms with van der Waals surface area (Å²) in [6.07, 6.45) is 2.98. The number of nitrogens with two attached hydrogens (primary N) is 1. The van der Waals surface area contributed by atoms with Gasteiger partial charge < -0.3 is 10.5 Å². The number of rotatable bonds is 3. The third-order valence-electron chi connectivity index (χ3n) is 2.27. The fourth-order valence-corrected chi connectivity index (χ4v) is 1.63. The van der Waals surface area contributed by atoms with Crippen LogP contribution >= 0.6 is 15.9 Å². The molecule has 19 heavy (non-hydrogen) atoms. The summed E-state index contributed by atoms with van der Waals surface area (Å²) >= 11 is 3.29. The number of aromatic nitrogens is 3. The van der Waals surface area contributed by atoms with Crippen LogP contribution in [0.3, 0.4) is 0 Å². The molecule has 0 aliphatic carbocycles. The van der Waals surface area contributed by atoms with Crippen molar-refractivity contribution in [2.45, 2.75) is 6.92 Å². The SMILES string of the molecule is CCOC(=O)c1cnc(-c2ccc(Br)cn2)nc1N. The van der Waals surface area contributed by atoms with Crippen LogP contribution in [0, 0.1) is 0 Å². The van der Waals surface area contributed by atoms with E-state index in [4.69, 9.17) is 10.5 Å². The third-order valence-corrected chi connectivity index (χ3v) is 2.74. The van der Waals surface area contributed by atoms with Crippen LogP contribution in [0.5, 0.6) is 0 Å². The van der Waals surface area contributed by atoms with Crippen molar-refractivity contribution in [3.63, 3.8) is 0 Å². The molecule has 0 saturated heterocycles. The van der Waals surface area contributed by atoms with Crippen LogP contribution in [0.2, 0.25) is 0 Å². The van der Waals surface area contributed by atoms with Crippen LogP contribution in [0.25, 0.3) is 11.5 Å². The Morgan fingerprint density at radius 3 is 2.74 bits per heavy atom. The lowest BCUT2D eigenvalue weighted by atomic mass is 10.3.